The normalized spacial score (nSPS) is 11.1. The largest absolute Gasteiger partial charge is 0.673 e. The Morgan fingerprint density at radius 2 is 1.05 bits per heavy atom. The predicted molar refractivity (Wildman–Crippen MR) is 167 cm³/mol. The smallest absolute Gasteiger partial charge is 0.418 e. The molecule has 214 valence electrons. The lowest BCUT2D eigenvalue weighted by atomic mass is 10.0. The number of rotatable bonds is 7. The molecule has 0 N–H and O–H groups in total. The van der Waals surface area contributed by atoms with Crippen molar-refractivity contribution < 1.29 is 22.1 Å². The minimum Gasteiger partial charge on any atom is -0.418 e. The predicted octanol–water partition coefficient (Wildman–Crippen LogP) is 11.4. The Morgan fingerprint density at radius 1 is 0.595 bits per heavy atom. The second-order valence-corrected chi connectivity index (χ2v) is 13.0. The van der Waals surface area contributed by atoms with Crippen molar-refractivity contribution in [2.24, 2.45) is 0 Å². The number of carbonyl (C=O) groups is 1. The molecule has 0 spiro atoms. The van der Waals surface area contributed by atoms with Crippen LogP contribution in [0, 0.1) is 0 Å². The second-order valence-electron chi connectivity index (χ2n) is 8.59. The van der Waals surface area contributed by atoms with Gasteiger partial charge < -0.3 is 17.3 Å². The molecular weight excluding hydrogens is 646 g/mol. The van der Waals surface area contributed by atoms with Gasteiger partial charge in [-0.1, -0.05) is 83.0 Å². The Labute approximate surface area is 263 Å². The van der Waals surface area contributed by atoms with Gasteiger partial charge in [0.25, 0.3) is 0 Å². The second kappa shape index (κ2) is 14.5. The quantitative estimate of drug-likeness (QED) is 0.0745. The number of hydrogen-bond donors (Lipinski definition) is 0. The van der Waals surface area contributed by atoms with Gasteiger partial charge in [0.15, 0.2) is 20.5 Å². The molecule has 1 nitrogen and oxygen atoms in total. The van der Waals surface area contributed by atoms with Crippen molar-refractivity contribution in [3.8, 4) is 0 Å². The van der Waals surface area contributed by atoms with E-state index in [-0.39, 0.29) is 16.7 Å². The minimum absolute atomic E-state index is 0.0858. The minimum atomic E-state index is -6.00. The van der Waals surface area contributed by atoms with Crippen molar-refractivity contribution >= 4 is 70.5 Å². The van der Waals surface area contributed by atoms with Gasteiger partial charge in [0.05, 0.1) is 21.5 Å². The first-order chi connectivity index (χ1) is 20.0. The molecule has 0 saturated carbocycles. The van der Waals surface area contributed by atoms with Crippen LogP contribution in [0.5, 0.6) is 0 Å². The number of halogens is 7. The number of hydrogen-bond acceptors (Lipinski definition) is 2. The fraction of sp³-hybridized carbons (Fsp3) is 0. The molecule has 0 aliphatic carbocycles. The molecule has 0 saturated heterocycles. The summed E-state index contributed by atoms with van der Waals surface area (Å²) in [5.41, 5.74) is 1.13. The lowest BCUT2D eigenvalue weighted by Crippen LogP contribution is -2.05. The maximum atomic E-state index is 13.3. The zero-order chi connectivity index (χ0) is 30.3. The number of ketones is 1. The Kier molecular flexibility index (Phi) is 11.1. The van der Waals surface area contributed by atoms with Gasteiger partial charge in [0.2, 0.25) is 0 Å². The Balaban J connectivity index is 0.000000748. The summed E-state index contributed by atoms with van der Waals surface area (Å²) in [6.45, 7) is 0. The van der Waals surface area contributed by atoms with Crippen LogP contribution in [0.1, 0.15) is 15.9 Å². The van der Waals surface area contributed by atoms with Crippen LogP contribution in [0.15, 0.2) is 146 Å². The number of carbonyl (C=O) groups excluding carboxylic acids is 1. The van der Waals surface area contributed by atoms with Crippen molar-refractivity contribution in [2.75, 3.05) is 0 Å². The van der Waals surface area contributed by atoms with E-state index in [4.69, 9.17) is 34.8 Å². The van der Waals surface area contributed by atoms with Crippen LogP contribution in [0.2, 0.25) is 15.1 Å². The first-order valence-electron chi connectivity index (χ1n) is 12.3. The van der Waals surface area contributed by atoms with E-state index in [2.05, 4.69) is 48.5 Å². The zero-order valence-corrected chi connectivity index (χ0v) is 25.4. The van der Waals surface area contributed by atoms with Crippen LogP contribution < -0.4 is 0 Å². The maximum Gasteiger partial charge on any atom is 0.673 e. The van der Waals surface area contributed by atoms with Crippen LogP contribution >= 0.6 is 46.6 Å². The van der Waals surface area contributed by atoms with Crippen LogP contribution in [0.4, 0.5) is 17.3 Å². The first kappa shape index (κ1) is 32.0. The van der Waals surface area contributed by atoms with E-state index < -0.39 is 7.25 Å². The topological polar surface area (TPSA) is 17.1 Å². The lowest BCUT2D eigenvalue weighted by molar-refractivity contribution is 0.103. The van der Waals surface area contributed by atoms with E-state index in [1.54, 1.807) is 6.07 Å². The summed E-state index contributed by atoms with van der Waals surface area (Å²) in [5.74, 6) is -0.0858. The fourth-order valence-corrected chi connectivity index (χ4v) is 7.45. The summed E-state index contributed by atoms with van der Waals surface area (Å²) < 4.78 is 39.0. The van der Waals surface area contributed by atoms with Crippen LogP contribution in [-0.4, -0.2) is 13.0 Å². The van der Waals surface area contributed by atoms with Crippen molar-refractivity contribution in [3.05, 3.63) is 148 Å². The molecule has 0 heterocycles. The Hall–Kier alpha value is -2.88. The van der Waals surface area contributed by atoms with E-state index in [1.165, 1.54) is 16.7 Å². The Bertz CT molecular complexity index is 1580. The molecule has 0 atom stereocenters. The Morgan fingerprint density at radius 3 is 1.52 bits per heavy atom. The van der Waals surface area contributed by atoms with E-state index >= 15 is 0 Å². The third kappa shape index (κ3) is 9.06. The van der Waals surface area contributed by atoms with Crippen molar-refractivity contribution in [2.45, 2.75) is 24.5 Å². The third-order valence-corrected chi connectivity index (χ3v) is 9.74. The molecule has 0 aliphatic heterocycles. The van der Waals surface area contributed by atoms with Crippen molar-refractivity contribution in [1.82, 2.24) is 0 Å². The van der Waals surface area contributed by atoms with E-state index in [1.807, 2.05) is 66.7 Å². The van der Waals surface area contributed by atoms with Crippen LogP contribution in [-0.2, 0) is 10.9 Å². The van der Waals surface area contributed by atoms with E-state index in [0.717, 1.165) is 19.6 Å². The van der Waals surface area contributed by atoms with Crippen molar-refractivity contribution in [1.29, 1.82) is 0 Å². The highest BCUT2D eigenvalue weighted by Gasteiger charge is 2.29. The van der Waals surface area contributed by atoms with E-state index in [9.17, 15) is 22.1 Å². The van der Waals surface area contributed by atoms with Gasteiger partial charge in [-0.15, -0.1) is 0 Å². The van der Waals surface area contributed by atoms with Gasteiger partial charge in [-0.25, -0.2) is 0 Å². The standard InChI is InChI=1S/C31H20Cl3OS2.BF4/c32-22-9-15-25(16-10-22)37(26-17-11-23(33)12-18-26)27-19-13-24(14-20-27)36-29-8-4-7-28(34)30(29)31(35)21-5-2-1-3-6-21;2-1(3,4)5/h1-20H;/q+1;-1. The third-order valence-electron chi connectivity index (χ3n) is 5.62. The molecular formula is C31H20BCl3F4OS2. The summed E-state index contributed by atoms with van der Waals surface area (Å²) in [5, 5.41) is 1.86. The molecule has 5 rings (SSSR count). The molecule has 42 heavy (non-hydrogen) atoms. The molecule has 0 bridgehead atoms. The van der Waals surface area contributed by atoms with Gasteiger partial charge >= 0.3 is 7.25 Å². The molecule has 0 aromatic heterocycles. The van der Waals surface area contributed by atoms with Gasteiger partial charge in [0.1, 0.15) is 0 Å². The SMILES string of the molecule is F[B-](F)(F)F.O=C(c1ccccc1)c1c(Cl)cccc1Sc1ccc([S+](c2ccc(Cl)cc2)c2ccc(Cl)cc2)cc1. The highest BCUT2D eigenvalue weighted by molar-refractivity contribution is 7.99. The van der Waals surface area contributed by atoms with Crippen molar-refractivity contribution in [3.63, 3.8) is 0 Å². The molecule has 5 aromatic rings. The lowest BCUT2D eigenvalue weighted by Gasteiger charge is -2.12. The highest BCUT2D eigenvalue weighted by atomic mass is 35.5. The summed E-state index contributed by atoms with van der Waals surface area (Å²) in [7, 11) is -6.33. The van der Waals surface area contributed by atoms with Gasteiger partial charge in [-0.3, -0.25) is 4.79 Å². The molecule has 0 aliphatic rings. The van der Waals surface area contributed by atoms with Gasteiger partial charge in [-0.2, -0.15) is 0 Å². The molecule has 0 amide bonds. The highest BCUT2D eigenvalue weighted by Crippen LogP contribution is 2.38. The van der Waals surface area contributed by atoms with E-state index in [0.29, 0.717) is 26.2 Å². The molecule has 0 fully saturated rings. The average molecular weight is 666 g/mol. The first-order valence-corrected chi connectivity index (χ1v) is 15.5. The molecule has 0 radical (unpaired) electrons. The monoisotopic (exact) mass is 664 g/mol. The fourth-order valence-electron chi connectivity index (χ4n) is 3.86. The summed E-state index contributed by atoms with van der Waals surface area (Å²) in [6.07, 6.45) is 0. The van der Waals surface area contributed by atoms with Crippen LogP contribution in [0.25, 0.3) is 0 Å². The molecule has 0 unspecified atom stereocenters. The summed E-state index contributed by atoms with van der Waals surface area (Å²) in [6, 6.07) is 39.2. The molecule has 11 heteroatoms. The average Bonchev–Trinajstić information content (AvgIpc) is 2.95. The van der Waals surface area contributed by atoms with Gasteiger partial charge in [0, 0.05) is 25.4 Å². The summed E-state index contributed by atoms with van der Waals surface area (Å²) >= 11 is 20.4. The maximum absolute atomic E-state index is 13.3. The van der Waals surface area contributed by atoms with Crippen LogP contribution in [0.3, 0.4) is 0 Å². The summed E-state index contributed by atoms with van der Waals surface area (Å²) in [4.78, 5) is 18.6. The number of benzene rings is 5. The molecule has 5 aromatic carbocycles. The zero-order valence-electron chi connectivity index (χ0n) is 21.5. The van der Waals surface area contributed by atoms with Gasteiger partial charge in [-0.05, 0) is 84.9 Å².